The fourth-order valence-electron chi connectivity index (χ4n) is 2.34. The Bertz CT molecular complexity index is 391. The lowest BCUT2D eigenvalue weighted by atomic mass is 9.84. The molecule has 112 valence electrons. The first-order valence-corrected chi connectivity index (χ1v) is 6.96. The second-order valence-corrected chi connectivity index (χ2v) is 5.22. The molecular formula is C14H21NO5. The van der Waals surface area contributed by atoms with Gasteiger partial charge in [-0.1, -0.05) is 18.6 Å². The van der Waals surface area contributed by atoms with Gasteiger partial charge in [-0.25, -0.2) is 0 Å². The molecule has 6 heteroatoms. The van der Waals surface area contributed by atoms with Gasteiger partial charge in [0.1, 0.15) is 6.10 Å². The number of hydrogen-bond acceptors (Lipinski definition) is 5. The van der Waals surface area contributed by atoms with Crippen molar-refractivity contribution in [3.8, 4) is 0 Å². The van der Waals surface area contributed by atoms with Crippen molar-refractivity contribution < 1.29 is 24.2 Å². The minimum absolute atomic E-state index is 0.0133. The molecule has 0 bridgehead atoms. The van der Waals surface area contributed by atoms with E-state index in [9.17, 15) is 14.7 Å². The Morgan fingerprint density at radius 3 is 2.70 bits per heavy atom. The zero-order valence-electron chi connectivity index (χ0n) is 11.6. The summed E-state index contributed by atoms with van der Waals surface area (Å²) in [6.07, 6.45) is 5.63. The first-order valence-electron chi connectivity index (χ1n) is 6.96. The molecule has 0 spiro atoms. The van der Waals surface area contributed by atoms with Crippen molar-refractivity contribution in [2.24, 2.45) is 5.92 Å². The Hall–Kier alpha value is -1.40. The summed E-state index contributed by atoms with van der Waals surface area (Å²) in [6.45, 7) is -0.211. The molecule has 0 aromatic rings. The molecule has 2 rings (SSSR count). The maximum atomic E-state index is 11.9. The Morgan fingerprint density at radius 2 is 2.15 bits per heavy atom. The van der Waals surface area contributed by atoms with E-state index in [0.717, 1.165) is 19.3 Å². The SMILES string of the molecule is COC(=O)C[C@@H]1C=C[C@@H](NC(=O)C2CCC2)[C@@H](CO)O1. The largest absolute Gasteiger partial charge is 0.469 e. The molecule has 1 heterocycles. The van der Waals surface area contributed by atoms with Gasteiger partial charge >= 0.3 is 5.97 Å². The number of carbonyl (C=O) groups excluding carboxylic acids is 2. The quantitative estimate of drug-likeness (QED) is 0.554. The van der Waals surface area contributed by atoms with Crippen LogP contribution in [0.4, 0.5) is 0 Å². The lowest BCUT2D eigenvalue weighted by molar-refractivity contribution is -0.145. The van der Waals surface area contributed by atoms with Crippen LogP contribution in [0.25, 0.3) is 0 Å². The van der Waals surface area contributed by atoms with Crippen LogP contribution in [0.3, 0.4) is 0 Å². The molecule has 0 radical (unpaired) electrons. The molecule has 1 aliphatic carbocycles. The average Bonchev–Trinajstić information content (AvgIpc) is 2.38. The molecule has 0 aromatic heterocycles. The van der Waals surface area contributed by atoms with Crippen LogP contribution in [0, 0.1) is 5.92 Å². The van der Waals surface area contributed by atoms with Crippen LogP contribution < -0.4 is 5.32 Å². The van der Waals surface area contributed by atoms with E-state index in [1.807, 2.05) is 0 Å². The van der Waals surface area contributed by atoms with Crippen molar-refractivity contribution in [1.82, 2.24) is 5.32 Å². The van der Waals surface area contributed by atoms with Gasteiger partial charge in [0.2, 0.25) is 5.91 Å². The van der Waals surface area contributed by atoms with E-state index in [0.29, 0.717) is 0 Å². The summed E-state index contributed by atoms with van der Waals surface area (Å²) in [5, 5.41) is 12.2. The van der Waals surface area contributed by atoms with Crippen LogP contribution in [0.1, 0.15) is 25.7 Å². The van der Waals surface area contributed by atoms with E-state index in [1.54, 1.807) is 12.2 Å². The number of amides is 1. The minimum Gasteiger partial charge on any atom is -0.469 e. The van der Waals surface area contributed by atoms with E-state index in [4.69, 9.17) is 4.74 Å². The highest BCUT2D eigenvalue weighted by Gasteiger charge is 2.32. The minimum atomic E-state index is -0.529. The van der Waals surface area contributed by atoms with Crippen LogP contribution in [-0.4, -0.2) is 48.9 Å². The number of ether oxygens (including phenoxy) is 2. The number of carbonyl (C=O) groups is 2. The molecule has 0 saturated heterocycles. The standard InChI is InChI=1S/C14H21NO5/c1-19-13(17)7-10-5-6-11(12(8-16)20-10)15-14(18)9-3-2-4-9/h5-6,9-12,16H,2-4,7-8H2,1H3,(H,15,18)/t10-,11+,12+/m0/s1. The summed E-state index contributed by atoms with van der Waals surface area (Å²) in [5.41, 5.74) is 0. The van der Waals surface area contributed by atoms with E-state index in [2.05, 4.69) is 10.1 Å². The van der Waals surface area contributed by atoms with Crippen LogP contribution in [-0.2, 0) is 19.1 Å². The number of aliphatic hydroxyl groups is 1. The summed E-state index contributed by atoms with van der Waals surface area (Å²) >= 11 is 0. The predicted molar refractivity (Wildman–Crippen MR) is 70.8 cm³/mol. The average molecular weight is 283 g/mol. The van der Waals surface area contributed by atoms with Gasteiger partial charge in [0.05, 0.1) is 32.3 Å². The Balaban J connectivity index is 1.90. The Morgan fingerprint density at radius 1 is 1.40 bits per heavy atom. The first kappa shape index (κ1) is 15.0. The van der Waals surface area contributed by atoms with E-state index < -0.39 is 12.2 Å². The molecule has 2 N–H and O–H groups in total. The highest BCUT2D eigenvalue weighted by molar-refractivity contribution is 5.80. The molecule has 1 fully saturated rings. The summed E-state index contributed by atoms with van der Waals surface area (Å²) in [4.78, 5) is 23.1. The van der Waals surface area contributed by atoms with Gasteiger partial charge in [-0.3, -0.25) is 9.59 Å². The molecule has 2 aliphatic rings. The van der Waals surface area contributed by atoms with Crippen molar-refractivity contribution in [3.05, 3.63) is 12.2 Å². The van der Waals surface area contributed by atoms with Crippen molar-refractivity contribution in [3.63, 3.8) is 0 Å². The molecule has 20 heavy (non-hydrogen) atoms. The first-order chi connectivity index (χ1) is 9.63. The topological polar surface area (TPSA) is 84.9 Å². The Kier molecular flexibility index (Phi) is 5.14. The smallest absolute Gasteiger partial charge is 0.308 e. The zero-order chi connectivity index (χ0) is 14.5. The number of nitrogens with one attached hydrogen (secondary N) is 1. The van der Waals surface area contributed by atoms with E-state index >= 15 is 0 Å². The van der Waals surface area contributed by atoms with Crippen molar-refractivity contribution in [2.75, 3.05) is 13.7 Å². The fourth-order valence-corrected chi connectivity index (χ4v) is 2.34. The molecule has 6 nitrogen and oxygen atoms in total. The molecule has 1 aliphatic heterocycles. The lowest BCUT2D eigenvalue weighted by Gasteiger charge is -2.33. The fraction of sp³-hybridized carbons (Fsp3) is 0.714. The second-order valence-electron chi connectivity index (χ2n) is 5.22. The van der Waals surface area contributed by atoms with Gasteiger partial charge in [0.25, 0.3) is 0 Å². The number of hydrogen-bond donors (Lipinski definition) is 2. The van der Waals surface area contributed by atoms with E-state index in [1.165, 1.54) is 7.11 Å². The molecule has 0 unspecified atom stereocenters. The molecule has 3 atom stereocenters. The van der Waals surface area contributed by atoms with Gasteiger partial charge in [-0.15, -0.1) is 0 Å². The summed E-state index contributed by atoms with van der Waals surface area (Å²) < 4.78 is 10.2. The van der Waals surface area contributed by atoms with E-state index in [-0.39, 0.29) is 36.9 Å². The third-order valence-electron chi connectivity index (χ3n) is 3.84. The number of aliphatic hydroxyl groups excluding tert-OH is 1. The third kappa shape index (κ3) is 3.58. The molecule has 0 aromatic carbocycles. The van der Waals surface area contributed by atoms with Crippen molar-refractivity contribution in [1.29, 1.82) is 0 Å². The summed E-state index contributed by atoms with van der Waals surface area (Å²) in [7, 11) is 1.32. The third-order valence-corrected chi connectivity index (χ3v) is 3.84. The van der Waals surface area contributed by atoms with Crippen molar-refractivity contribution in [2.45, 2.75) is 43.9 Å². The summed E-state index contributed by atoms with van der Waals surface area (Å²) in [5.74, 6) is -0.261. The highest BCUT2D eigenvalue weighted by atomic mass is 16.5. The second kappa shape index (κ2) is 6.85. The van der Waals surface area contributed by atoms with Gasteiger partial charge in [0.15, 0.2) is 0 Å². The number of rotatable bonds is 5. The predicted octanol–water partition coefficient (Wildman–Crippen LogP) is 0.150. The van der Waals surface area contributed by atoms with Crippen LogP contribution in [0.5, 0.6) is 0 Å². The number of esters is 1. The van der Waals surface area contributed by atoms with Gasteiger partial charge in [-0.2, -0.15) is 0 Å². The molecule has 1 amide bonds. The normalized spacial score (nSPS) is 29.6. The van der Waals surface area contributed by atoms with Crippen LogP contribution in [0.15, 0.2) is 12.2 Å². The van der Waals surface area contributed by atoms with Crippen LogP contribution >= 0.6 is 0 Å². The van der Waals surface area contributed by atoms with Gasteiger partial charge in [0, 0.05) is 5.92 Å². The van der Waals surface area contributed by atoms with Gasteiger partial charge in [-0.05, 0) is 12.8 Å². The monoisotopic (exact) mass is 283 g/mol. The highest BCUT2D eigenvalue weighted by Crippen LogP contribution is 2.27. The number of methoxy groups -OCH3 is 1. The maximum Gasteiger partial charge on any atom is 0.308 e. The molecular weight excluding hydrogens is 262 g/mol. The molecule has 1 saturated carbocycles. The van der Waals surface area contributed by atoms with Crippen LogP contribution in [0.2, 0.25) is 0 Å². The maximum absolute atomic E-state index is 11.9. The summed E-state index contributed by atoms with van der Waals surface area (Å²) in [6, 6.07) is -0.345. The van der Waals surface area contributed by atoms with Gasteiger partial charge < -0.3 is 19.9 Å². The Labute approximate surface area is 118 Å². The lowest BCUT2D eigenvalue weighted by Crippen LogP contribution is -2.50. The van der Waals surface area contributed by atoms with Crippen molar-refractivity contribution >= 4 is 11.9 Å². The zero-order valence-corrected chi connectivity index (χ0v) is 11.6.